The average Bonchev–Trinajstić information content (AvgIpc) is 2.55. The van der Waals surface area contributed by atoms with Crippen LogP contribution in [0.5, 0.6) is 0 Å². The number of halogens is 1. The SMILES string of the molecule is C=C(C)[C@H]1CC/C(C)=C/CC[C@@](C)(Cl)[C@H](O)CC/C(COC(C)=O)=C\[C@@H]1O. The molecular formula is C22H35ClO4. The summed E-state index contributed by atoms with van der Waals surface area (Å²) in [6.45, 7) is 11.4. The van der Waals surface area contributed by atoms with Crippen LogP contribution in [0.25, 0.3) is 0 Å². The van der Waals surface area contributed by atoms with E-state index in [9.17, 15) is 15.0 Å². The number of aliphatic hydroxyl groups is 2. The highest BCUT2D eigenvalue weighted by atomic mass is 35.5. The Hall–Kier alpha value is -1.10. The van der Waals surface area contributed by atoms with Gasteiger partial charge in [0.25, 0.3) is 0 Å². The third-order valence-corrected chi connectivity index (χ3v) is 5.76. The molecule has 1 aliphatic carbocycles. The van der Waals surface area contributed by atoms with Crippen molar-refractivity contribution in [3.63, 3.8) is 0 Å². The maximum absolute atomic E-state index is 11.2. The van der Waals surface area contributed by atoms with Crippen molar-refractivity contribution in [3.8, 4) is 0 Å². The van der Waals surface area contributed by atoms with Crippen LogP contribution >= 0.6 is 11.6 Å². The molecule has 154 valence electrons. The zero-order chi connectivity index (χ0) is 20.6. The number of esters is 1. The minimum Gasteiger partial charge on any atom is -0.461 e. The summed E-state index contributed by atoms with van der Waals surface area (Å²) in [5, 5.41) is 21.3. The number of carbonyl (C=O) groups excluding carboxylic acids is 1. The fourth-order valence-electron chi connectivity index (χ4n) is 3.34. The van der Waals surface area contributed by atoms with Crippen LogP contribution in [0.15, 0.2) is 35.5 Å². The number of hydrogen-bond acceptors (Lipinski definition) is 4. The Kier molecular flexibility index (Phi) is 9.78. The van der Waals surface area contributed by atoms with Crippen LogP contribution in [-0.4, -0.2) is 39.9 Å². The Morgan fingerprint density at radius 3 is 2.59 bits per heavy atom. The number of hydrogen-bond donors (Lipinski definition) is 2. The van der Waals surface area contributed by atoms with Gasteiger partial charge in [0.2, 0.25) is 0 Å². The van der Waals surface area contributed by atoms with Crippen LogP contribution in [-0.2, 0) is 9.53 Å². The highest BCUT2D eigenvalue weighted by Gasteiger charge is 2.30. The quantitative estimate of drug-likeness (QED) is 0.411. The third-order valence-electron chi connectivity index (χ3n) is 5.32. The smallest absolute Gasteiger partial charge is 0.302 e. The second-order valence-corrected chi connectivity index (χ2v) is 8.87. The molecule has 0 aromatic heterocycles. The van der Waals surface area contributed by atoms with Gasteiger partial charge < -0.3 is 14.9 Å². The maximum Gasteiger partial charge on any atom is 0.302 e. The number of alkyl halides is 1. The van der Waals surface area contributed by atoms with Gasteiger partial charge in [-0.05, 0) is 64.9 Å². The van der Waals surface area contributed by atoms with E-state index in [0.717, 1.165) is 30.4 Å². The molecule has 0 spiro atoms. The molecule has 0 aromatic carbocycles. The third kappa shape index (κ3) is 8.63. The van der Waals surface area contributed by atoms with E-state index in [1.54, 1.807) is 6.08 Å². The van der Waals surface area contributed by atoms with Crippen LogP contribution in [0.2, 0.25) is 0 Å². The Labute approximate surface area is 168 Å². The Morgan fingerprint density at radius 2 is 2.00 bits per heavy atom. The summed E-state index contributed by atoms with van der Waals surface area (Å²) in [6, 6.07) is 0. The van der Waals surface area contributed by atoms with Crippen LogP contribution in [0.3, 0.4) is 0 Å². The van der Waals surface area contributed by atoms with Gasteiger partial charge in [-0.15, -0.1) is 11.6 Å². The lowest BCUT2D eigenvalue weighted by Gasteiger charge is -2.29. The molecule has 0 unspecified atom stereocenters. The van der Waals surface area contributed by atoms with Gasteiger partial charge in [0.1, 0.15) is 6.61 Å². The van der Waals surface area contributed by atoms with Crippen molar-refractivity contribution < 1.29 is 19.7 Å². The summed E-state index contributed by atoms with van der Waals surface area (Å²) in [5.74, 6) is -0.434. The fourth-order valence-corrected chi connectivity index (χ4v) is 3.56. The van der Waals surface area contributed by atoms with E-state index in [0.29, 0.717) is 19.3 Å². The van der Waals surface area contributed by atoms with Crippen molar-refractivity contribution in [1.29, 1.82) is 0 Å². The van der Waals surface area contributed by atoms with Gasteiger partial charge in [-0.2, -0.15) is 0 Å². The van der Waals surface area contributed by atoms with Gasteiger partial charge in [0.15, 0.2) is 0 Å². The highest BCUT2D eigenvalue weighted by molar-refractivity contribution is 6.24. The minimum atomic E-state index is -0.716. The van der Waals surface area contributed by atoms with Crippen molar-refractivity contribution in [1.82, 2.24) is 0 Å². The number of allylic oxidation sites excluding steroid dienone is 2. The minimum absolute atomic E-state index is 0.0631. The summed E-state index contributed by atoms with van der Waals surface area (Å²) < 4.78 is 5.13. The second-order valence-electron chi connectivity index (χ2n) is 8.01. The predicted molar refractivity (Wildman–Crippen MR) is 111 cm³/mol. The topological polar surface area (TPSA) is 66.8 Å². The number of rotatable bonds is 3. The molecule has 0 saturated heterocycles. The molecule has 0 radical (unpaired) electrons. The summed E-state index contributed by atoms with van der Waals surface area (Å²) in [7, 11) is 0. The maximum atomic E-state index is 11.2. The van der Waals surface area contributed by atoms with Crippen LogP contribution < -0.4 is 0 Å². The Morgan fingerprint density at radius 1 is 1.33 bits per heavy atom. The fraction of sp³-hybridized carbons (Fsp3) is 0.682. The molecule has 0 bridgehead atoms. The first kappa shape index (κ1) is 23.9. The molecule has 4 nitrogen and oxygen atoms in total. The summed E-state index contributed by atoms with van der Waals surface area (Å²) >= 11 is 6.56. The molecule has 0 heterocycles. The largest absolute Gasteiger partial charge is 0.461 e. The van der Waals surface area contributed by atoms with E-state index < -0.39 is 17.1 Å². The van der Waals surface area contributed by atoms with Crippen molar-refractivity contribution >= 4 is 17.6 Å². The second kappa shape index (κ2) is 11.0. The van der Waals surface area contributed by atoms with Gasteiger partial charge in [-0.3, -0.25) is 4.79 Å². The van der Waals surface area contributed by atoms with E-state index in [-0.39, 0.29) is 18.5 Å². The predicted octanol–water partition coefficient (Wildman–Crippen LogP) is 4.69. The molecule has 0 fully saturated rings. The number of ether oxygens (including phenoxy) is 1. The Bertz CT molecular complexity index is 577. The monoisotopic (exact) mass is 398 g/mol. The molecule has 0 aromatic rings. The standard InChI is InChI=1S/C22H35ClO4/c1-15(2)19-10-8-16(3)7-6-12-22(5,23)21(26)11-9-18(13-20(19)25)14-27-17(4)24/h7,13,19-21,25-26H,1,6,8-12,14H2,2-5H3/b16-7+,18-13+/t19-,20+,21-,22-/m1/s1. The summed E-state index contributed by atoms with van der Waals surface area (Å²) in [5.41, 5.74) is 2.97. The van der Waals surface area contributed by atoms with E-state index in [4.69, 9.17) is 16.3 Å². The van der Waals surface area contributed by atoms with Crippen molar-refractivity contribution in [2.24, 2.45) is 5.92 Å². The van der Waals surface area contributed by atoms with Crippen molar-refractivity contribution in [3.05, 3.63) is 35.5 Å². The van der Waals surface area contributed by atoms with Gasteiger partial charge >= 0.3 is 5.97 Å². The number of carbonyl (C=O) groups is 1. The lowest BCUT2D eigenvalue weighted by molar-refractivity contribution is -0.140. The molecule has 0 saturated carbocycles. The summed E-state index contributed by atoms with van der Waals surface area (Å²) in [4.78, 5) is 10.5. The molecule has 0 amide bonds. The molecule has 2 N–H and O–H groups in total. The molecule has 5 heteroatoms. The summed E-state index contributed by atoms with van der Waals surface area (Å²) in [6.07, 6.45) is 6.64. The highest BCUT2D eigenvalue weighted by Crippen LogP contribution is 2.31. The van der Waals surface area contributed by atoms with Crippen LogP contribution in [0.4, 0.5) is 0 Å². The average molecular weight is 399 g/mol. The molecule has 1 aliphatic rings. The van der Waals surface area contributed by atoms with Crippen LogP contribution in [0.1, 0.15) is 66.2 Å². The van der Waals surface area contributed by atoms with Gasteiger partial charge in [0.05, 0.1) is 17.1 Å². The van der Waals surface area contributed by atoms with E-state index in [2.05, 4.69) is 19.6 Å². The van der Waals surface area contributed by atoms with Gasteiger partial charge in [-0.25, -0.2) is 0 Å². The Balaban J connectivity index is 3.10. The zero-order valence-corrected chi connectivity index (χ0v) is 17.9. The first-order chi connectivity index (χ1) is 12.5. The first-order valence-electron chi connectivity index (χ1n) is 9.72. The van der Waals surface area contributed by atoms with Crippen molar-refractivity contribution in [2.75, 3.05) is 6.61 Å². The molecule has 27 heavy (non-hydrogen) atoms. The lowest BCUT2D eigenvalue weighted by Crippen LogP contribution is -2.33. The molecule has 4 atom stereocenters. The van der Waals surface area contributed by atoms with Gasteiger partial charge in [0, 0.05) is 12.8 Å². The van der Waals surface area contributed by atoms with Crippen LogP contribution in [0, 0.1) is 5.92 Å². The van der Waals surface area contributed by atoms with Crippen molar-refractivity contribution in [2.45, 2.75) is 83.3 Å². The number of aliphatic hydroxyl groups excluding tert-OH is 2. The van der Waals surface area contributed by atoms with E-state index >= 15 is 0 Å². The van der Waals surface area contributed by atoms with Gasteiger partial charge in [-0.1, -0.05) is 29.9 Å². The first-order valence-corrected chi connectivity index (χ1v) is 10.1. The van der Waals surface area contributed by atoms with E-state index in [1.807, 2.05) is 13.8 Å². The molecule has 0 aliphatic heterocycles. The zero-order valence-electron chi connectivity index (χ0n) is 17.1. The normalized spacial score (nSPS) is 35.1. The molecular weight excluding hydrogens is 364 g/mol. The molecule has 1 rings (SSSR count). The van der Waals surface area contributed by atoms with E-state index in [1.165, 1.54) is 12.5 Å². The lowest BCUT2D eigenvalue weighted by atomic mass is 9.86.